The van der Waals surface area contributed by atoms with Crippen molar-refractivity contribution in [3.8, 4) is 0 Å². The molecule has 40 heavy (non-hydrogen) atoms. The van der Waals surface area contributed by atoms with E-state index >= 15 is 0 Å². The summed E-state index contributed by atoms with van der Waals surface area (Å²) in [7, 11) is 0. The van der Waals surface area contributed by atoms with Crippen molar-refractivity contribution >= 4 is 40.7 Å². The van der Waals surface area contributed by atoms with Crippen LogP contribution in [0.5, 0.6) is 0 Å². The van der Waals surface area contributed by atoms with E-state index in [-0.39, 0.29) is 43.3 Å². The lowest BCUT2D eigenvalue weighted by atomic mass is 9.82. The Morgan fingerprint density at radius 3 is 2.48 bits per heavy atom. The second-order valence-electron chi connectivity index (χ2n) is 10.2. The molecule has 4 rings (SSSR count). The monoisotopic (exact) mass is 547 g/mol. The SMILES string of the molecule is CC1(C)CCC2=C(O1)c1ccccc1C(=Nc1ccc(C(=O)OCCNC(=O)CCC(NN)C(N)=O)cc1)C2=O. The number of benzene rings is 2. The molecule has 0 saturated carbocycles. The average Bonchev–Trinajstić information content (AvgIpc) is 2.93. The predicted molar refractivity (Wildman–Crippen MR) is 148 cm³/mol. The molecule has 1 aliphatic heterocycles. The highest BCUT2D eigenvalue weighted by Crippen LogP contribution is 2.41. The number of hydrogen-bond acceptors (Lipinski definition) is 9. The third-order valence-corrected chi connectivity index (χ3v) is 6.75. The zero-order valence-electron chi connectivity index (χ0n) is 22.5. The summed E-state index contributed by atoms with van der Waals surface area (Å²) in [6.07, 6.45) is 1.52. The summed E-state index contributed by atoms with van der Waals surface area (Å²) in [5.74, 6) is 4.15. The number of nitrogens with one attached hydrogen (secondary N) is 2. The number of ketones is 1. The zero-order chi connectivity index (χ0) is 28.9. The summed E-state index contributed by atoms with van der Waals surface area (Å²) in [6, 6.07) is 13.2. The molecule has 0 spiro atoms. The standard InChI is InChI=1S/C29H33N5O6/c1-29(2)14-13-21-25(36)24(19-5-3-4-6-20(19)26(21)40-29)33-18-9-7-17(8-10-18)28(38)39-16-15-32-23(35)12-11-22(34-31)27(30)37/h3-10,22,34H,11-16,31H2,1-2H3,(H2,30,37)(H,32,35). The number of rotatable bonds is 10. The van der Waals surface area contributed by atoms with E-state index in [0.29, 0.717) is 40.3 Å². The van der Waals surface area contributed by atoms with Gasteiger partial charge in [0.1, 0.15) is 23.7 Å². The fraction of sp³-hybridized carbons (Fsp3) is 0.345. The van der Waals surface area contributed by atoms with Crippen LogP contribution in [-0.4, -0.2) is 54.1 Å². The Labute approximate surface area is 232 Å². The van der Waals surface area contributed by atoms with Crippen LogP contribution in [0, 0.1) is 0 Å². The van der Waals surface area contributed by atoms with Crippen LogP contribution in [0.3, 0.4) is 0 Å². The second-order valence-corrected chi connectivity index (χ2v) is 10.2. The largest absolute Gasteiger partial charge is 0.487 e. The molecule has 210 valence electrons. The predicted octanol–water partition coefficient (Wildman–Crippen LogP) is 2.06. The molecule has 2 aromatic rings. The van der Waals surface area contributed by atoms with Gasteiger partial charge in [-0.1, -0.05) is 24.3 Å². The summed E-state index contributed by atoms with van der Waals surface area (Å²) in [5, 5.41) is 2.60. The number of nitrogens with zero attached hydrogens (tertiary/aromatic N) is 1. The highest BCUT2D eigenvalue weighted by Gasteiger charge is 2.38. The lowest BCUT2D eigenvalue weighted by Crippen LogP contribution is -2.45. The number of hydrazine groups is 1. The van der Waals surface area contributed by atoms with Crippen molar-refractivity contribution in [1.29, 1.82) is 0 Å². The number of aliphatic imine (C=N–C) groups is 1. The second kappa shape index (κ2) is 12.2. The van der Waals surface area contributed by atoms with E-state index in [4.69, 9.17) is 21.1 Å². The molecule has 1 unspecified atom stereocenters. The Morgan fingerprint density at radius 1 is 1.10 bits per heavy atom. The lowest BCUT2D eigenvalue weighted by molar-refractivity contribution is -0.122. The maximum atomic E-state index is 13.4. The number of ether oxygens (including phenoxy) is 2. The Kier molecular flexibility index (Phi) is 8.76. The Bertz CT molecular complexity index is 1380. The average molecular weight is 548 g/mol. The topological polar surface area (TPSA) is 175 Å². The van der Waals surface area contributed by atoms with Gasteiger partial charge >= 0.3 is 5.97 Å². The van der Waals surface area contributed by atoms with Crippen LogP contribution in [0.15, 0.2) is 59.1 Å². The molecule has 2 amide bonds. The molecule has 1 heterocycles. The van der Waals surface area contributed by atoms with Crippen molar-refractivity contribution in [3.63, 3.8) is 0 Å². The summed E-state index contributed by atoms with van der Waals surface area (Å²) < 4.78 is 11.4. The lowest BCUT2D eigenvalue weighted by Gasteiger charge is -2.36. The third kappa shape index (κ3) is 6.61. The smallest absolute Gasteiger partial charge is 0.338 e. The highest BCUT2D eigenvalue weighted by molar-refractivity contribution is 6.54. The first-order valence-corrected chi connectivity index (χ1v) is 13.0. The molecule has 2 aromatic carbocycles. The van der Waals surface area contributed by atoms with Crippen LogP contribution < -0.4 is 22.3 Å². The van der Waals surface area contributed by atoms with Gasteiger partial charge in [-0.05, 0) is 57.4 Å². The first-order valence-electron chi connectivity index (χ1n) is 13.0. The number of allylic oxidation sites excluding steroid dienone is 1. The number of esters is 1. The van der Waals surface area contributed by atoms with E-state index in [1.165, 1.54) is 0 Å². The number of amides is 2. The Balaban J connectivity index is 1.36. The molecule has 11 nitrogen and oxygen atoms in total. The zero-order valence-corrected chi connectivity index (χ0v) is 22.5. The molecule has 11 heteroatoms. The summed E-state index contributed by atoms with van der Waals surface area (Å²) >= 11 is 0. The van der Waals surface area contributed by atoms with Crippen molar-refractivity contribution in [2.45, 2.75) is 51.2 Å². The van der Waals surface area contributed by atoms with Crippen molar-refractivity contribution in [3.05, 3.63) is 70.8 Å². The van der Waals surface area contributed by atoms with Crippen molar-refractivity contribution < 1.29 is 28.7 Å². The van der Waals surface area contributed by atoms with Gasteiger partial charge in [-0.25, -0.2) is 15.2 Å². The summed E-state index contributed by atoms with van der Waals surface area (Å²) in [5.41, 5.74) is 10.4. The van der Waals surface area contributed by atoms with Gasteiger partial charge in [-0.15, -0.1) is 0 Å². The first kappa shape index (κ1) is 28.7. The highest BCUT2D eigenvalue weighted by atomic mass is 16.5. The minimum absolute atomic E-state index is 0.0340. The molecule has 1 aliphatic carbocycles. The van der Waals surface area contributed by atoms with E-state index in [0.717, 1.165) is 12.0 Å². The van der Waals surface area contributed by atoms with Gasteiger partial charge in [-0.3, -0.25) is 20.2 Å². The number of nitrogens with two attached hydrogens (primary N) is 2. The van der Waals surface area contributed by atoms with E-state index < -0.39 is 17.9 Å². The van der Waals surface area contributed by atoms with Crippen LogP contribution in [0.1, 0.15) is 61.0 Å². The number of carbonyl (C=O) groups is 4. The van der Waals surface area contributed by atoms with Crippen molar-refractivity contribution in [2.75, 3.05) is 13.2 Å². The summed E-state index contributed by atoms with van der Waals surface area (Å²) in [6.45, 7) is 4.10. The van der Waals surface area contributed by atoms with Crippen molar-refractivity contribution in [2.24, 2.45) is 16.6 Å². The Hall–Kier alpha value is -4.35. The van der Waals surface area contributed by atoms with Crippen LogP contribution in [0.2, 0.25) is 0 Å². The molecule has 0 aromatic heterocycles. The molecule has 0 bridgehead atoms. The molecule has 6 N–H and O–H groups in total. The minimum atomic E-state index is -0.800. The van der Waals surface area contributed by atoms with Gasteiger partial charge in [-0.2, -0.15) is 0 Å². The van der Waals surface area contributed by atoms with E-state index in [9.17, 15) is 19.2 Å². The van der Waals surface area contributed by atoms with Crippen LogP contribution in [-0.2, 0) is 23.9 Å². The van der Waals surface area contributed by atoms with E-state index in [1.54, 1.807) is 24.3 Å². The third-order valence-electron chi connectivity index (χ3n) is 6.75. The van der Waals surface area contributed by atoms with Crippen molar-refractivity contribution in [1.82, 2.24) is 10.7 Å². The number of primary amides is 1. The van der Waals surface area contributed by atoms with Gasteiger partial charge in [0, 0.05) is 23.1 Å². The van der Waals surface area contributed by atoms with Gasteiger partial charge in [0.2, 0.25) is 17.6 Å². The normalized spacial score (nSPS) is 17.4. The van der Waals surface area contributed by atoms with Gasteiger partial charge < -0.3 is 20.5 Å². The van der Waals surface area contributed by atoms with E-state index in [2.05, 4.69) is 15.7 Å². The van der Waals surface area contributed by atoms with E-state index in [1.807, 2.05) is 38.1 Å². The maximum absolute atomic E-state index is 13.4. The number of hydrogen-bond donors (Lipinski definition) is 4. The maximum Gasteiger partial charge on any atom is 0.338 e. The van der Waals surface area contributed by atoms with Gasteiger partial charge in [0.15, 0.2) is 0 Å². The number of Topliss-reactive ketones (excluding diaryl/α,β-unsaturated/α-hetero) is 1. The van der Waals surface area contributed by atoms with Crippen LogP contribution in [0.25, 0.3) is 5.76 Å². The number of fused-ring (bicyclic) bond motifs is 2. The van der Waals surface area contributed by atoms with Gasteiger partial charge in [0.05, 0.1) is 23.8 Å². The molecule has 0 radical (unpaired) electrons. The number of carbonyl (C=O) groups excluding carboxylic acids is 4. The molecule has 0 fully saturated rings. The quantitative estimate of drug-likeness (QED) is 0.151. The molecular formula is C29H33N5O6. The van der Waals surface area contributed by atoms with Crippen LogP contribution >= 0.6 is 0 Å². The Morgan fingerprint density at radius 2 is 1.80 bits per heavy atom. The van der Waals surface area contributed by atoms with Crippen LogP contribution in [0.4, 0.5) is 5.69 Å². The summed E-state index contributed by atoms with van der Waals surface area (Å²) in [4.78, 5) is 53.5. The molecule has 0 saturated heterocycles. The minimum Gasteiger partial charge on any atom is -0.487 e. The molecule has 1 atom stereocenters. The fourth-order valence-corrected chi connectivity index (χ4v) is 4.52. The first-order chi connectivity index (χ1) is 19.1. The molecular weight excluding hydrogens is 514 g/mol. The van der Waals surface area contributed by atoms with Gasteiger partial charge in [0.25, 0.3) is 0 Å². The fourth-order valence-electron chi connectivity index (χ4n) is 4.52. The molecule has 2 aliphatic rings.